The number of nitrogens with zero attached hydrogens (tertiary/aromatic N) is 1. The maximum absolute atomic E-state index is 13.1. The average Bonchev–Trinajstić information content (AvgIpc) is 2.61. The van der Waals surface area contributed by atoms with Crippen LogP contribution >= 0.6 is 0 Å². The number of carbonyl (C=O) groups is 2. The zero-order valence-electron chi connectivity index (χ0n) is 14.2. The van der Waals surface area contributed by atoms with E-state index >= 15 is 0 Å². The molecule has 1 aliphatic heterocycles. The molecule has 0 aromatic heterocycles. The summed E-state index contributed by atoms with van der Waals surface area (Å²) in [6, 6.07) is 16.0. The zero-order valence-corrected chi connectivity index (χ0v) is 14.2. The number of amidine groups is 1. The number of Topliss-reactive ketones (excluding diaryl/α,β-unsaturated/α-hetero) is 1. The van der Waals surface area contributed by atoms with Crippen LogP contribution in [0, 0.1) is 35.5 Å². The molecule has 0 bridgehead atoms. The van der Waals surface area contributed by atoms with Crippen molar-refractivity contribution in [3.8, 4) is 6.07 Å². The van der Waals surface area contributed by atoms with Crippen LogP contribution in [0.15, 0.2) is 48.5 Å². The molecule has 1 amide bonds. The van der Waals surface area contributed by atoms with Crippen LogP contribution in [-0.2, 0) is 4.79 Å². The molecule has 3 unspecified atom stereocenters. The highest BCUT2D eigenvalue weighted by molar-refractivity contribution is 6.21. The molecule has 2 aromatic rings. The summed E-state index contributed by atoms with van der Waals surface area (Å²) in [5, 5.41) is 20.1. The van der Waals surface area contributed by atoms with Gasteiger partial charge in [0.25, 0.3) is 0 Å². The molecule has 0 radical (unpaired) electrons. The number of nitriles is 1. The number of benzene rings is 2. The molecule has 0 saturated carbocycles. The van der Waals surface area contributed by atoms with Gasteiger partial charge in [-0.25, -0.2) is 0 Å². The van der Waals surface area contributed by atoms with E-state index < -0.39 is 23.7 Å². The fourth-order valence-electron chi connectivity index (χ4n) is 3.34. The second kappa shape index (κ2) is 6.81. The van der Waals surface area contributed by atoms with E-state index in [2.05, 4.69) is 5.32 Å². The van der Waals surface area contributed by atoms with Gasteiger partial charge in [0, 0.05) is 11.5 Å². The van der Waals surface area contributed by atoms with Crippen molar-refractivity contribution in [2.24, 2.45) is 17.6 Å². The van der Waals surface area contributed by atoms with Crippen LogP contribution in [0.5, 0.6) is 0 Å². The Morgan fingerprint density at radius 3 is 2.46 bits per heavy atom. The van der Waals surface area contributed by atoms with Gasteiger partial charge in [-0.15, -0.1) is 0 Å². The van der Waals surface area contributed by atoms with Gasteiger partial charge < -0.3 is 11.1 Å². The molecule has 1 aliphatic rings. The van der Waals surface area contributed by atoms with Crippen molar-refractivity contribution in [1.29, 1.82) is 10.7 Å². The number of para-hydroxylation sites is 1. The molecule has 26 heavy (non-hydrogen) atoms. The molecule has 3 atom stereocenters. The van der Waals surface area contributed by atoms with Gasteiger partial charge in [-0.05, 0) is 24.6 Å². The van der Waals surface area contributed by atoms with Gasteiger partial charge in [0.1, 0.15) is 17.7 Å². The van der Waals surface area contributed by atoms with Crippen LogP contribution in [0.2, 0.25) is 0 Å². The molecule has 6 heteroatoms. The Kier molecular flexibility index (Phi) is 4.55. The summed E-state index contributed by atoms with van der Waals surface area (Å²) >= 11 is 0. The lowest BCUT2D eigenvalue weighted by atomic mass is 9.72. The van der Waals surface area contributed by atoms with E-state index in [1.54, 1.807) is 36.4 Å². The van der Waals surface area contributed by atoms with E-state index in [4.69, 9.17) is 11.1 Å². The van der Waals surface area contributed by atoms with Gasteiger partial charge in [-0.1, -0.05) is 42.0 Å². The van der Waals surface area contributed by atoms with Gasteiger partial charge in [0.2, 0.25) is 5.91 Å². The van der Waals surface area contributed by atoms with E-state index in [-0.39, 0.29) is 11.6 Å². The summed E-state index contributed by atoms with van der Waals surface area (Å²) in [6.45, 7) is 1.92. The van der Waals surface area contributed by atoms with Gasteiger partial charge in [0.15, 0.2) is 5.78 Å². The number of carbonyl (C=O) groups excluding carboxylic acids is 2. The van der Waals surface area contributed by atoms with Crippen molar-refractivity contribution in [3.05, 3.63) is 65.2 Å². The highest BCUT2D eigenvalue weighted by atomic mass is 16.2. The van der Waals surface area contributed by atoms with Crippen LogP contribution in [-0.4, -0.2) is 17.5 Å². The average molecular weight is 346 g/mol. The largest absolute Gasteiger partial charge is 0.387 e. The Labute approximate surface area is 151 Å². The van der Waals surface area contributed by atoms with Crippen LogP contribution in [0.25, 0.3) is 0 Å². The first-order chi connectivity index (χ1) is 12.4. The van der Waals surface area contributed by atoms with Crippen LogP contribution in [0.4, 0.5) is 5.69 Å². The summed E-state index contributed by atoms with van der Waals surface area (Å²) in [7, 11) is 0. The first-order valence-corrected chi connectivity index (χ1v) is 8.18. The molecule has 2 aromatic carbocycles. The monoisotopic (exact) mass is 346 g/mol. The number of ketones is 1. The maximum Gasteiger partial charge on any atom is 0.236 e. The van der Waals surface area contributed by atoms with Gasteiger partial charge >= 0.3 is 0 Å². The predicted molar refractivity (Wildman–Crippen MR) is 97.8 cm³/mol. The lowest BCUT2D eigenvalue weighted by molar-refractivity contribution is -0.119. The fourth-order valence-corrected chi connectivity index (χ4v) is 3.34. The highest BCUT2D eigenvalue weighted by Crippen LogP contribution is 2.39. The lowest BCUT2D eigenvalue weighted by Crippen LogP contribution is -2.43. The van der Waals surface area contributed by atoms with Crippen molar-refractivity contribution in [3.63, 3.8) is 0 Å². The number of aryl methyl sites for hydroxylation is 1. The molecule has 4 N–H and O–H groups in total. The second-order valence-corrected chi connectivity index (χ2v) is 6.38. The second-order valence-electron chi connectivity index (χ2n) is 6.38. The molecule has 0 aliphatic carbocycles. The molecule has 1 heterocycles. The first kappa shape index (κ1) is 17.4. The molecule has 0 fully saturated rings. The fraction of sp³-hybridized carbons (Fsp3) is 0.200. The van der Waals surface area contributed by atoms with Crippen molar-refractivity contribution in [1.82, 2.24) is 0 Å². The molecule has 130 valence electrons. The van der Waals surface area contributed by atoms with Crippen molar-refractivity contribution < 1.29 is 9.59 Å². The van der Waals surface area contributed by atoms with E-state index in [1.165, 1.54) is 0 Å². The van der Waals surface area contributed by atoms with Crippen molar-refractivity contribution in [2.45, 2.75) is 12.8 Å². The van der Waals surface area contributed by atoms with Crippen molar-refractivity contribution in [2.75, 3.05) is 5.32 Å². The number of amides is 1. The van der Waals surface area contributed by atoms with Crippen LogP contribution in [0.1, 0.15) is 27.4 Å². The Hall–Kier alpha value is -3.46. The maximum atomic E-state index is 13.1. The number of fused-ring (bicyclic) bond motifs is 1. The van der Waals surface area contributed by atoms with Gasteiger partial charge in [-0.2, -0.15) is 5.26 Å². The van der Waals surface area contributed by atoms with Crippen LogP contribution < -0.4 is 11.1 Å². The predicted octanol–water partition coefficient (Wildman–Crippen LogP) is 2.61. The minimum Gasteiger partial charge on any atom is -0.387 e. The number of rotatable bonds is 4. The topological polar surface area (TPSA) is 120 Å². The third-order valence-electron chi connectivity index (χ3n) is 4.67. The van der Waals surface area contributed by atoms with Crippen LogP contribution in [0.3, 0.4) is 0 Å². The lowest BCUT2D eigenvalue weighted by Gasteiger charge is -2.32. The third-order valence-corrected chi connectivity index (χ3v) is 4.67. The van der Waals surface area contributed by atoms with Gasteiger partial charge in [-0.3, -0.25) is 15.0 Å². The number of hydrogen-bond acceptors (Lipinski definition) is 4. The van der Waals surface area contributed by atoms with Crippen molar-refractivity contribution >= 4 is 23.2 Å². The highest BCUT2D eigenvalue weighted by Gasteiger charge is 2.44. The Morgan fingerprint density at radius 2 is 1.85 bits per heavy atom. The normalized spacial score (nSPS) is 18.2. The first-order valence-electron chi connectivity index (χ1n) is 8.18. The molecular weight excluding hydrogens is 328 g/mol. The molecular formula is C20H18N4O2. The van der Waals surface area contributed by atoms with Gasteiger partial charge in [0.05, 0.1) is 11.8 Å². The summed E-state index contributed by atoms with van der Waals surface area (Å²) in [6.07, 6.45) is 0. The standard InChI is InChI=1S/C20H18N4O2/c1-11-6-8-12(9-7-11)16(14(10-21)19(22)23)17-18(25)13-4-2-3-5-15(13)24-20(17)26/h2-9,14,16-17H,1H3,(H3,22,23)(H,24,26). The third kappa shape index (κ3) is 2.95. The smallest absolute Gasteiger partial charge is 0.236 e. The summed E-state index contributed by atoms with van der Waals surface area (Å²) in [4.78, 5) is 25.8. The minimum atomic E-state index is -1.12. The number of hydrogen-bond donors (Lipinski definition) is 3. The van der Waals surface area contributed by atoms with E-state index in [9.17, 15) is 14.9 Å². The quantitative estimate of drug-likeness (QED) is 0.448. The number of anilines is 1. The molecule has 0 saturated heterocycles. The summed E-state index contributed by atoms with van der Waals surface area (Å²) in [5.74, 6) is -4.25. The Balaban J connectivity index is 2.14. The number of nitrogens with one attached hydrogen (secondary N) is 2. The zero-order chi connectivity index (χ0) is 18.8. The SMILES string of the molecule is Cc1ccc(C(C(C#N)C(=N)N)C2C(=O)Nc3ccccc3C2=O)cc1. The summed E-state index contributed by atoms with van der Waals surface area (Å²) in [5.41, 5.74) is 8.12. The Morgan fingerprint density at radius 1 is 1.19 bits per heavy atom. The number of nitrogens with two attached hydrogens (primary N) is 1. The van der Waals surface area contributed by atoms with E-state index in [0.717, 1.165) is 5.56 Å². The Bertz CT molecular complexity index is 928. The molecule has 6 nitrogen and oxygen atoms in total. The molecule has 3 rings (SSSR count). The minimum absolute atomic E-state index is 0.363. The molecule has 0 spiro atoms. The van der Waals surface area contributed by atoms with E-state index in [1.807, 2.05) is 25.1 Å². The summed E-state index contributed by atoms with van der Waals surface area (Å²) < 4.78 is 0. The van der Waals surface area contributed by atoms with E-state index in [0.29, 0.717) is 16.8 Å².